The average Bonchev–Trinajstić information content (AvgIpc) is 2.88. The van der Waals surface area contributed by atoms with Gasteiger partial charge in [-0.05, 0) is 33.9 Å². The summed E-state index contributed by atoms with van der Waals surface area (Å²) in [4.78, 5) is 5.73. The lowest BCUT2D eigenvalue weighted by molar-refractivity contribution is 0.535. The first-order valence-corrected chi connectivity index (χ1v) is 7.32. The van der Waals surface area contributed by atoms with Crippen molar-refractivity contribution in [1.29, 1.82) is 0 Å². The number of likely N-dealkylation sites (N-methyl/N-ethyl adjacent to an activating group) is 1. The van der Waals surface area contributed by atoms with Gasteiger partial charge in [-0.2, -0.15) is 0 Å². The second-order valence-electron chi connectivity index (χ2n) is 3.90. The predicted molar refractivity (Wildman–Crippen MR) is 75.3 cm³/mol. The quantitative estimate of drug-likeness (QED) is 0.919. The fourth-order valence-electron chi connectivity index (χ4n) is 1.83. The zero-order chi connectivity index (χ0) is 12.3. The van der Waals surface area contributed by atoms with Crippen LogP contribution in [0.25, 0.3) is 0 Å². The van der Waals surface area contributed by atoms with E-state index in [1.807, 2.05) is 19.4 Å². The van der Waals surface area contributed by atoms with Crippen molar-refractivity contribution in [2.75, 3.05) is 6.54 Å². The number of hydrogen-bond acceptors (Lipinski definition) is 3. The second kappa shape index (κ2) is 5.80. The van der Waals surface area contributed by atoms with Crippen molar-refractivity contribution in [2.24, 2.45) is 7.05 Å². The van der Waals surface area contributed by atoms with Crippen LogP contribution in [0.5, 0.6) is 0 Å². The fraction of sp³-hybridized carbons (Fsp3) is 0.417. The van der Waals surface area contributed by atoms with Crippen LogP contribution in [0, 0.1) is 0 Å². The van der Waals surface area contributed by atoms with Crippen molar-refractivity contribution in [3.05, 3.63) is 39.0 Å². The van der Waals surface area contributed by atoms with Crippen LogP contribution in [0.4, 0.5) is 0 Å². The molecule has 92 valence electrons. The topological polar surface area (TPSA) is 29.9 Å². The van der Waals surface area contributed by atoms with Crippen molar-refractivity contribution in [3.63, 3.8) is 0 Å². The lowest BCUT2D eigenvalue weighted by Gasteiger charge is -2.17. The molecule has 0 fully saturated rings. The van der Waals surface area contributed by atoms with Gasteiger partial charge in [-0.25, -0.2) is 4.98 Å². The zero-order valence-corrected chi connectivity index (χ0v) is 12.4. The van der Waals surface area contributed by atoms with Crippen LogP contribution in [-0.2, 0) is 13.5 Å². The maximum absolute atomic E-state index is 4.39. The lowest BCUT2D eigenvalue weighted by Crippen LogP contribution is -2.23. The summed E-state index contributed by atoms with van der Waals surface area (Å²) in [5.41, 5.74) is 0. The first-order valence-electron chi connectivity index (χ1n) is 5.64. The molecule has 0 aliphatic heterocycles. The van der Waals surface area contributed by atoms with E-state index in [1.54, 1.807) is 11.3 Å². The largest absolute Gasteiger partial charge is 0.338 e. The van der Waals surface area contributed by atoms with Gasteiger partial charge in [0.25, 0.3) is 0 Å². The van der Waals surface area contributed by atoms with Crippen LogP contribution in [0.3, 0.4) is 0 Å². The molecule has 17 heavy (non-hydrogen) atoms. The molecular weight excluding hydrogens is 298 g/mol. The second-order valence-corrected chi connectivity index (χ2v) is 5.70. The summed E-state index contributed by atoms with van der Waals surface area (Å²) in [6, 6.07) is 2.43. The SMILES string of the molecule is CCNC(Cc1nccn1C)c1sccc1Br. The monoisotopic (exact) mass is 313 g/mol. The minimum atomic E-state index is 0.329. The lowest BCUT2D eigenvalue weighted by atomic mass is 10.1. The van der Waals surface area contributed by atoms with Crippen molar-refractivity contribution in [3.8, 4) is 0 Å². The molecule has 2 aromatic heterocycles. The number of thiophene rings is 1. The van der Waals surface area contributed by atoms with E-state index in [0.717, 1.165) is 18.8 Å². The molecule has 0 radical (unpaired) electrons. The van der Waals surface area contributed by atoms with Crippen molar-refractivity contribution in [1.82, 2.24) is 14.9 Å². The van der Waals surface area contributed by atoms with Gasteiger partial charge >= 0.3 is 0 Å². The van der Waals surface area contributed by atoms with Gasteiger partial charge in [-0.15, -0.1) is 11.3 Å². The number of aryl methyl sites for hydroxylation is 1. The van der Waals surface area contributed by atoms with Gasteiger partial charge in [0.2, 0.25) is 0 Å². The van der Waals surface area contributed by atoms with Crippen LogP contribution in [0.2, 0.25) is 0 Å². The molecule has 0 saturated heterocycles. The molecule has 0 aliphatic carbocycles. The Labute approximate surface area is 114 Å². The van der Waals surface area contributed by atoms with Gasteiger partial charge in [-0.1, -0.05) is 6.92 Å². The third-order valence-electron chi connectivity index (χ3n) is 2.72. The summed E-state index contributed by atoms with van der Waals surface area (Å²) in [5, 5.41) is 5.63. The third-order valence-corrected chi connectivity index (χ3v) is 4.70. The molecule has 0 aliphatic rings. The van der Waals surface area contributed by atoms with Gasteiger partial charge in [-0.3, -0.25) is 0 Å². The van der Waals surface area contributed by atoms with Crippen LogP contribution in [0.1, 0.15) is 23.7 Å². The van der Waals surface area contributed by atoms with Crippen LogP contribution in [0.15, 0.2) is 28.3 Å². The molecule has 0 bridgehead atoms. The molecule has 0 amide bonds. The van der Waals surface area contributed by atoms with E-state index >= 15 is 0 Å². The Morgan fingerprint density at radius 2 is 2.41 bits per heavy atom. The van der Waals surface area contributed by atoms with E-state index < -0.39 is 0 Å². The number of hydrogen-bond donors (Lipinski definition) is 1. The highest BCUT2D eigenvalue weighted by atomic mass is 79.9. The average molecular weight is 314 g/mol. The summed E-state index contributed by atoms with van der Waals surface area (Å²) in [6.45, 7) is 3.09. The normalized spacial score (nSPS) is 12.9. The number of nitrogens with zero attached hydrogens (tertiary/aromatic N) is 2. The Bertz CT molecular complexity index is 478. The first kappa shape index (κ1) is 12.8. The van der Waals surface area contributed by atoms with E-state index in [2.05, 4.69) is 49.2 Å². The van der Waals surface area contributed by atoms with Crippen molar-refractivity contribution < 1.29 is 0 Å². The Morgan fingerprint density at radius 1 is 1.59 bits per heavy atom. The third kappa shape index (κ3) is 2.97. The first-order chi connectivity index (χ1) is 8.22. The van der Waals surface area contributed by atoms with Crippen LogP contribution >= 0.6 is 27.3 Å². The van der Waals surface area contributed by atoms with E-state index in [4.69, 9.17) is 0 Å². The summed E-state index contributed by atoms with van der Waals surface area (Å²) < 4.78 is 3.26. The highest BCUT2D eigenvalue weighted by Gasteiger charge is 2.17. The Hall–Kier alpha value is -0.650. The van der Waals surface area contributed by atoms with Gasteiger partial charge in [0.1, 0.15) is 5.82 Å². The number of halogens is 1. The highest BCUT2D eigenvalue weighted by molar-refractivity contribution is 9.10. The van der Waals surface area contributed by atoms with E-state index in [-0.39, 0.29) is 0 Å². The summed E-state index contributed by atoms with van der Waals surface area (Å²) in [6.07, 6.45) is 4.75. The van der Waals surface area contributed by atoms with Crippen molar-refractivity contribution in [2.45, 2.75) is 19.4 Å². The standard InChI is InChI=1S/C12H16BrN3S/c1-3-14-10(12-9(13)4-7-17-12)8-11-15-5-6-16(11)2/h4-7,10,14H,3,8H2,1-2H3. The maximum atomic E-state index is 4.39. The molecular formula is C12H16BrN3S. The number of imidazole rings is 1. The number of aromatic nitrogens is 2. The fourth-order valence-corrected chi connectivity index (χ4v) is 3.56. The molecule has 1 unspecified atom stereocenters. The summed E-state index contributed by atoms with van der Waals surface area (Å²) in [5.74, 6) is 1.11. The summed E-state index contributed by atoms with van der Waals surface area (Å²) in [7, 11) is 2.04. The minimum absolute atomic E-state index is 0.329. The molecule has 1 N–H and O–H groups in total. The Balaban J connectivity index is 2.19. The van der Waals surface area contributed by atoms with E-state index in [9.17, 15) is 0 Å². The van der Waals surface area contributed by atoms with Gasteiger partial charge in [0.05, 0.1) is 0 Å². The molecule has 3 nitrogen and oxygen atoms in total. The smallest absolute Gasteiger partial charge is 0.110 e. The molecule has 2 aromatic rings. The Kier molecular flexibility index (Phi) is 4.36. The minimum Gasteiger partial charge on any atom is -0.338 e. The van der Waals surface area contributed by atoms with Gasteiger partial charge in [0, 0.05) is 41.3 Å². The summed E-state index contributed by atoms with van der Waals surface area (Å²) >= 11 is 5.38. The Morgan fingerprint density at radius 3 is 2.94 bits per heavy atom. The van der Waals surface area contributed by atoms with Gasteiger partial charge in [0.15, 0.2) is 0 Å². The molecule has 0 spiro atoms. The molecule has 2 heterocycles. The predicted octanol–water partition coefficient (Wildman–Crippen LogP) is 3.14. The maximum Gasteiger partial charge on any atom is 0.110 e. The van der Waals surface area contributed by atoms with Crippen LogP contribution in [-0.4, -0.2) is 16.1 Å². The molecule has 0 saturated carbocycles. The van der Waals surface area contributed by atoms with E-state index in [0.29, 0.717) is 6.04 Å². The molecule has 1 atom stereocenters. The van der Waals surface area contributed by atoms with E-state index in [1.165, 1.54) is 9.35 Å². The molecule has 5 heteroatoms. The van der Waals surface area contributed by atoms with Gasteiger partial charge < -0.3 is 9.88 Å². The van der Waals surface area contributed by atoms with Crippen molar-refractivity contribution >= 4 is 27.3 Å². The zero-order valence-electron chi connectivity index (χ0n) is 9.98. The van der Waals surface area contributed by atoms with Crippen LogP contribution < -0.4 is 5.32 Å². The molecule has 2 rings (SSSR count). The number of nitrogens with one attached hydrogen (secondary N) is 1. The number of rotatable bonds is 5. The highest BCUT2D eigenvalue weighted by Crippen LogP contribution is 2.30. The molecule has 0 aromatic carbocycles.